The highest BCUT2D eigenvalue weighted by molar-refractivity contribution is 5.98. The molecule has 0 aliphatic carbocycles. The second-order valence-electron chi connectivity index (χ2n) is 7.01. The van der Waals surface area contributed by atoms with Crippen LogP contribution in [0.25, 0.3) is 11.4 Å². The lowest BCUT2D eigenvalue weighted by atomic mass is 10.1. The van der Waals surface area contributed by atoms with Crippen molar-refractivity contribution < 1.29 is 14.3 Å². The SMILES string of the molecule is CCOc1ccc(-n2c(C)cc(C(=O)COc3cccc(-n4cnnn4)c3)c2C)cc1. The predicted molar refractivity (Wildman–Crippen MR) is 115 cm³/mol. The predicted octanol–water partition coefficient (Wildman–Crippen LogP) is 3.73. The van der Waals surface area contributed by atoms with Gasteiger partial charge < -0.3 is 14.0 Å². The Morgan fingerprint density at radius 3 is 2.48 bits per heavy atom. The molecule has 8 nitrogen and oxygen atoms in total. The molecule has 0 aliphatic rings. The van der Waals surface area contributed by atoms with Gasteiger partial charge in [-0.2, -0.15) is 0 Å². The maximum Gasteiger partial charge on any atom is 0.202 e. The lowest BCUT2D eigenvalue weighted by Crippen LogP contribution is -2.13. The van der Waals surface area contributed by atoms with Crippen molar-refractivity contribution >= 4 is 5.78 Å². The third kappa shape index (κ3) is 4.32. The van der Waals surface area contributed by atoms with Crippen molar-refractivity contribution in [2.75, 3.05) is 13.2 Å². The van der Waals surface area contributed by atoms with Crippen molar-refractivity contribution in [3.05, 3.63) is 77.9 Å². The van der Waals surface area contributed by atoms with Crippen LogP contribution in [0, 0.1) is 13.8 Å². The standard InChI is InChI=1S/C23H23N5O3/c1-4-30-20-10-8-18(9-11-20)28-16(2)12-22(17(28)3)23(29)14-31-21-7-5-6-19(13-21)27-15-24-25-26-27/h5-13,15H,4,14H2,1-3H3. The summed E-state index contributed by atoms with van der Waals surface area (Å²) in [4.78, 5) is 12.9. The molecule has 0 fully saturated rings. The van der Waals surface area contributed by atoms with Gasteiger partial charge in [-0.05, 0) is 73.7 Å². The normalized spacial score (nSPS) is 10.8. The van der Waals surface area contributed by atoms with Crippen LogP contribution in [0.1, 0.15) is 28.7 Å². The van der Waals surface area contributed by atoms with E-state index in [-0.39, 0.29) is 12.4 Å². The molecule has 8 heteroatoms. The molecule has 2 heterocycles. The molecule has 0 aliphatic heterocycles. The van der Waals surface area contributed by atoms with Crippen molar-refractivity contribution in [3.8, 4) is 22.9 Å². The van der Waals surface area contributed by atoms with E-state index in [4.69, 9.17) is 9.47 Å². The lowest BCUT2D eigenvalue weighted by Gasteiger charge is -2.11. The first-order valence-electron chi connectivity index (χ1n) is 9.98. The van der Waals surface area contributed by atoms with Crippen LogP contribution >= 0.6 is 0 Å². The highest BCUT2D eigenvalue weighted by Gasteiger charge is 2.17. The van der Waals surface area contributed by atoms with Crippen LogP contribution in [0.2, 0.25) is 0 Å². The lowest BCUT2D eigenvalue weighted by molar-refractivity contribution is 0.0921. The molecule has 2 aromatic heterocycles. The number of ether oxygens (including phenoxy) is 2. The summed E-state index contributed by atoms with van der Waals surface area (Å²) in [6.07, 6.45) is 1.50. The van der Waals surface area contributed by atoms with E-state index in [2.05, 4.69) is 20.1 Å². The van der Waals surface area contributed by atoms with Crippen LogP contribution in [0.5, 0.6) is 11.5 Å². The molecule has 31 heavy (non-hydrogen) atoms. The zero-order valence-corrected chi connectivity index (χ0v) is 17.6. The van der Waals surface area contributed by atoms with Gasteiger partial charge in [0.2, 0.25) is 5.78 Å². The van der Waals surface area contributed by atoms with Gasteiger partial charge in [-0.3, -0.25) is 4.79 Å². The average Bonchev–Trinajstić information content (AvgIpc) is 3.42. The third-order valence-corrected chi connectivity index (χ3v) is 4.94. The summed E-state index contributed by atoms with van der Waals surface area (Å²) in [5.74, 6) is 1.31. The molecule has 4 aromatic rings. The number of carbonyl (C=O) groups is 1. The second kappa shape index (κ2) is 8.83. The maximum absolute atomic E-state index is 12.9. The Hall–Kier alpha value is -3.94. The van der Waals surface area contributed by atoms with Gasteiger partial charge >= 0.3 is 0 Å². The van der Waals surface area contributed by atoms with Crippen LogP contribution in [-0.2, 0) is 0 Å². The molecule has 0 saturated carbocycles. The van der Waals surface area contributed by atoms with Crippen molar-refractivity contribution in [3.63, 3.8) is 0 Å². The minimum atomic E-state index is -0.0851. The quantitative estimate of drug-likeness (QED) is 0.406. The van der Waals surface area contributed by atoms with Gasteiger partial charge in [-0.15, -0.1) is 5.10 Å². The molecule has 0 atom stereocenters. The Kier molecular flexibility index (Phi) is 5.79. The van der Waals surface area contributed by atoms with Gasteiger partial charge in [0.05, 0.1) is 12.3 Å². The Morgan fingerprint density at radius 1 is 0.968 bits per heavy atom. The molecule has 0 spiro atoms. The maximum atomic E-state index is 12.9. The van der Waals surface area contributed by atoms with Crippen molar-refractivity contribution in [1.29, 1.82) is 0 Å². The highest BCUT2D eigenvalue weighted by Crippen LogP contribution is 2.24. The van der Waals surface area contributed by atoms with E-state index in [9.17, 15) is 4.79 Å². The molecule has 0 unspecified atom stereocenters. The van der Waals surface area contributed by atoms with Gasteiger partial charge in [0, 0.05) is 28.7 Å². The second-order valence-corrected chi connectivity index (χ2v) is 7.01. The molecule has 158 valence electrons. The van der Waals surface area contributed by atoms with E-state index in [1.807, 2.05) is 63.2 Å². The average molecular weight is 417 g/mol. The number of hydrogen-bond donors (Lipinski definition) is 0. The van der Waals surface area contributed by atoms with E-state index in [0.29, 0.717) is 17.9 Å². The first kappa shape index (κ1) is 20.3. The van der Waals surface area contributed by atoms with Crippen molar-refractivity contribution in [2.45, 2.75) is 20.8 Å². The first-order valence-corrected chi connectivity index (χ1v) is 9.98. The van der Waals surface area contributed by atoms with E-state index in [1.54, 1.807) is 12.1 Å². The van der Waals surface area contributed by atoms with Crippen LogP contribution in [0.15, 0.2) is 60.9 Å². The topological polar surface area (TPSA) is 84.1 Å². The molecule has 4 rings (SSSR count). The molecule has 0 amide bonds. The largest absolute Gasteiger partial charge is 0.494 e. The Balaban J connectivity index is 1.49. The van der Waals surface area contributed by atoms with E-state index >= 15 is 0 Å². The Morgan fingerprint density at radius 2 is 1.77 bits per heavy atom. The molecule has 2 aromatic carbocycles. The van der Waals surface area contributed by atoms with Gasteiger partial charge in [0.15, 0.2) is 6.61 Å². The Bertz CT molecular complexity index is 1180. The summed E-state index contributed by atoms with van der Waals surface area (Å²) in [6.45, 7) is 6.44. The summed E-state index contributed by atoms with van der Waals surface area (Å²) in [5, 5.41) is 11.1. The molecule has 0 bridgehead atoms. The third-order valence-electron chi connectivity index (χ3n) is 4.94. The Labute approximate surface area is 180 Å². The van der Waals surface area contributed by atoms with Gasteiger partial charge in [0.1, 0.15) is 17.8 Å². The van der Waals surface area contributed by atoms with E-state index in [0.717, 1.165) is 28.5 Å². The molecule has 0 radical (unpaired) electrons. The van der Waals surface area contributed by atoms with Gasteiger partial charge in [-0.1, -0.05) is 6.07 Å². The molecular weight excluding hydrogens is 394 g/mol. The van der Waals surface area contributed by atoms with Crippen molar-refractivity contribution in [1.82, 2.24) is 24.8 Å². The summed E-state index contributed by atoms with van der Waals surface area (Å²) in [5.41, 5.74) is 4.22. The first-order chi connectivity index (χ1) is 15.1. The summed E-state index contributed by atoms with van der Waals surface area (Å²) in [7, 11) is 0. The zero-order chi connectivity index (χ0) is 21.8. The van der Waals surface area contributed by atoms with E-state index < -0.39 is 0 Å². The summed E-state index contributed by atoms with van der Waals surface area (Å²) in [6, 6.07) is 17.0. The number of Topliss-reactive ketones (excluding diaryl/α,β-unsaturated/α-hetero) is 1. The number of tetrazole rings is 1. The van der Waals surface area contributed by atoms with Gasteiger partial charge in [0.25, 0.3) is 0 Å². The van der Waals surface area contributed by atoms with Crippen molar-refractivity contribution in [2.24, 2.45) is 0 Å². The van der Waals surface area contributed by atoms with Crippen LogP contribution in [0.4, 0.5) is 0 Å². The number of hydrogen-bond acceptors (Lipinski definition) is 6. The van der Waals surface area contributed by atoms with Crippen LogP contribution < -0.4 is 9.47 Å². The minimum Gasteiger partial charge on any atom is -0.494 e. The summed E-state index contributed by atoms with van der Waals surface area (Å²) >= 11 is 0. The number of ketones is 1. The highest BCUT2D eigenvalue weighted by atomic mass is 16.5. The number of carbonyl (C=O) groups excluding carboxylic acids is 1. The number of aryl methyl sites for hydroxylation is 1. The van der Waals surface area contributed by atoms with E-state index in [1.165, 1.54) is 11.0 Å². The summed E-state index contributed by atoms with van der Waals surface area (Å²) < 4.78 is 14.9. The fraction of sp³-hybridized carbons (Fsp3) is 0.217. The number of aromatic nitrogens is 5. The zero-order valence-electron chi connectivity index (χ0n) is 17.6. The molecule has 0 N–H and O–H groups in total. The number of rotatable bonds is 8. The minimum absolute atomic E-state index is 0.0629. The molecule has 0 saturated heterocycles. The number of benzene rings is 2. The number of nitrogens with zero attached hydrogens (tertiary/aromatic N) is 5. The van der Waals surface area contributed by atoms with Crippen LogP contribution in [-0.4, -0.2) is 43.8 Å². The smallest absolute Gasteiger partial charge is 0.202 e. The van der Waals surface area contributed by atoms with Crippen LogP contribution in [0.3, 0.4) is 0 Å². The monoisotopic (exact) mass is 417 g/mol. The molecular formula is C23H23N5O3. The fourth-order valence-corrected chi connectivity index (χ4v) is 3.52. The fourth-order valence-electron chi connectivity index (χ4n) is 3.52. The van der Waals surface area contributed by atoms with Gasteiger partial charge in [-0.25, -0.2) is 4.68 Å².